The number of hydrogen-bond acceptors (Lipinski definition) is 2. The van der Waals surface area contributed by atoms with Crippen LogP contribution in [-0.2, 0) is 4.79 Å². The topological polar surface area (TPSA) is 44.4 Å². The van der Waals surface area contributed by atoms with Crippen molar-refractivity contribution in [1.29, 1.82) is 0 Å². The van der Waals surface area contributed by atoms with Gasteiger partial charge in [-0.25, -0.2) is 0 Å². The van der Waals surface area contributed by atoms with Crippen molar-refractivity contribution in [2.24, 2.45) is 5.92 Å². The second-order valence-electron chi connectivity index (χ2n) is 4.90. The fourth-order valence-corrected chi connectivity index (χ4v) is 1.93. The molecule has 1 saturated heterocycles. The lowest BCUT2D eigenvalue weighted by molar-refractivity contribution is -0.130. The summed E-state index contributed by atoms with van der Waals surface area (Å²) in [5, 5.41) is 6.63. The van der Waals surface area contributed by atoms with Crippen molar-refractivity contribution in [3.63, 3.8) is 0 Å². The molecular weight excluding hydrogens is 234 g/mol. The standard InChI is InChI=1S/C12H23N3OS/c1-10(2)8-13-12(17)14-9-11(16)15-6-4-3-5-7-15/h10H,3-9H2,1-2H3,(H2,13,14,17). The number of amides is 1. The second kappa shape index (κ2) is 7.48. The predicted octanol–water partition coefficient (Wildman–Crippen LogP) is 1.12. The van der Waals surface area contributed by atoms with Crippen molar-refractivity contribution in [1.82, 2.24) is 15.5 Å². The van der Waals surface area contributed by atoms with E-state index in [9.17, 15) is 4.79 Å². The molecule has 0 spiro atoms. The van der Waals surface area contributed by atoms with E-state index in [1.165, 1.54) is 6.42 Å². The highest BCUT2D eigenvalue weighted by Gasteiger charge is 2.15. The van der Waals surface area contributed by atoms with Gasteiger partial charge in [0.05, 0.1) is 6.54 Å². The summed E-state index contributed by atoms with van der Waals surface area (Å²) in [7, 11) is 0. The first-order valence-corrected chi connectivity index (χ1v) is 6.80. The SMILES string of the molecule is CC(C)CNC(=S)NCC(=O)N1CCCCC1. The van der Waals surface area contributed by atoms with Crippen LogP contribution in [0.15, 0.2) is 0 Å². The van der Waals surface area contributed by atoms with Gasteiger partial charge < -0.3 is 15.5 Å². The van der Waals surface area contributed by atoms with Crippen LogP contribution in [0.4, 0.5) is 0 Å². The van der Waals surface area contributed by atoms with Crippen molar-refractivity contribution in [3.8, 4) is 0 Å². The molecule has 0 radical (unpaired) electrons. The zero-order valence-corrected chi connectivity index (χ0v) is 11.6. The molecule has 5 heteroatoms. The number of nitrogens with zero attached hydrogens (tertiary/aromatic N) is 1. The molecule has 0 aromatic heterocycles. The fraction of sp³-hybridized carbons (Fsp3) is 0.833. The Hall–Kier alpha value is -0.840. The Balaban J connectivity index is 2.16. The minimum atomic E-state index is 0.151. The zero-order valence-electron chi connectivity index (χ0n) is 10.8. The molecule has 17 heavy (non-hydrogen) atoms. The van der Waals surface area contributed by atoms with E-state index >= 15 is 0 Å². The van der Waals surface area contributed by atoms with Crippen LogP contribution < -0.4 is 10.6 Å². The number of piperidine rings is 1. The highest BCUT2D eigenvalue weighted by molar-refractivity contribution is 7.80. The molecule has 0 aromatic rings. The van der Waals surface area contributed by atoms with Crippen molar-refractivity contribution >= 4 is 23.2 Å². The Labute approximate surface area is 109 Å². The molecule has 0 atom stereocenters. The van der Waals surface area contributed by atoms with Crippen LogP contribution in [0.1, 0.15) is 33.1 Å². The lowest BCUT2D eigenvalue weighted by atomic mass is 10.1. The molecule has 1 heterocycles. The summed E-state index contributed by atoms with van der Waals surface area (Å²) >= 11 is 5.10. The molecule has 98 valence electrons. The summed E-state index contributed by atoms with van der Waals surface area (Å²) in [6.45, 7) is 7.18. The molecule has 1 amide bonds. The molecule has 0 saturated carbocycles. The highest BCUT2D eigenvalue weighted by Crippen LogP contribution is 2.08. The normalized spacial score (nSPS) is 15.8. The Kier molecular flexibility index (Phi) is 6.26. The van der Waals surface area contributed by atoms with Gasteiger partial charge in [0.15, 0.2) is 5.11 Å². The number of likely N-dealkylation sites (tertiary alicyclic amines) is 1. The molecule has 4 nitrogen and oxygen atoms in total. The second-order valence-corrected chi connectivity index (χ2v) is 5.31. The Morgan fingerprint density at radius 2 is 1.88 bits per heavy atom. The van der Waals surface area contributed by atoms with E-state index in [0.717, 1.165) is 32.5 Å². The van der Waals surface area contributed by atoms with Crippen LogP contribution in [0, 0.1) is 5.92 Å². The summed E-state index contributed by atoms with van der Waals surface area (Å²) in [5.74, 6) is 0.700. The van der Waals surface area contributed by atoms with Gasteiger partial charge >= 0.3 is 0 Å². The minimum absolute atomic E-state index is 0.151. The number of carbonyl (C=O) groups excluding carboxylic acids is 1. The summed E-state index contributed by atoms with van der Waals surface area (Å²) in [4.78, 5) is 13.7. The van der Waals surface area contributed by atoms with E-state index in [0.29, 0.717) is 17.6 Å². The van der Waals surface area contributed by atoms with Gasteiger partial charge in [-0.3, -0.25) is 4.79 Å². The molecule has 1 fully saturated rings. The van der Waals surface area contributed by atoms with E-state index in [2.05, 4.69) is 24.5 Å². The maximum atomic E-state index is 11.8. The van der Waals surface area contributed by atoms with Crippen LogP contribution >= 0.6 is 12.2 Å². The Bertz CT molecular complexity index is 262. The quantitative estimate of drug-likeness (QED) is 0.741. The van der Waals surface area contributed by atoms with Gasteiger partial charge in [-0.2, -0.15) is 0 Å². The summed E-state index contributed by atoms with van der Waals surface area (Å²) in [5.41, 5.74) is 0. The molecule has 1 rings (SSSR count). The maximum Gasteiger partial charge on any atom is 0.241 e. The maximum absolute atomic E-state index is 11.8. The molecule has 2 N–H and O–H groups in total. The number of carbonyl (C=O) groups is 1. The summed E-state index contributed by atoms with van der Waals surface area (Å²) in [6.07, 6.45) is 3.50. The van der Waals surface area contributed by atoms with E-state index in [1.54, 1.807) is 0 Å². The predicted molar refractivity (Wildman–Crippen MR) is 73.9 cm³/mol. The Morgan fingerprint density at radius 3 is 2.47 bits per heavy atom. The van der Waals surface area contributed by atoms with Gasteiger partial charge in [0, 0.05) is 19.6 Å². The van der Waals surface area contributed by atoms with Crippen molar-refractivity contribution in [3.05, 3.63) is 0 Å². The van der Waals surface area contributed by atoms with Gasteiger partial charge in [0.1, 0.15) is 0 Å². The first kappa shape index (κ1) is 14.2. The van der Waals surface area contributed by atoms with Crippen LogP contribution in [0.3, 0.4) is 0 Å². The lowest BCUT2D eigenvalue weighted by Crippen LogP contribution is -2.45. The van der Waals surface area contributed by atoms with Gasteiger partial charge in [-0.1, -0.05) is 13.8 Å². The Morgan fingerprint density at radius 1 is 1.24 bits per heavy atom. The third kappa shape index (κ3) is 5.86. The molecule has 1 aliphatic heterocycles. The van der Waals surface area contributed by atoms with Crippen molar-refractivity contribution in [2.75, 3.05) is 26.2 Å². The number of hydrogen-bond donors (Lipinski definition) is 2. The van der Waals surface area contributed by atoms with Crippen molar-refractivity contribution < 1.29 is 4.79 Å². The number of thiocarbonyl (C=S) groups is 1. The van der Waals surface area contributed by atoms with E-state index in [1.807, 2.05) is 4.90 Å². The molecule has 0 aromatic carbocycles. The van der Waals surface area contributed by atoms with Gasteiger partial charge in [0.25, 0.3) is 0 Å². The van der Waals surface area contributed by atoms with Crippen LogP contribution in [0.2, 0.25) is 0 Å². The fourth-order valence-electron chi connectivity index (χ4n) is 1.77. The van der Waals surface area contributed by atoms with E-state index < -0.39 is 0 Å². The van der Waals surface area contributed by atoms with E-state index in [4.69, 9.17) is 12.2 Å². The smallest absolute Gasteiger partial charge is 0.241 e. The average molecular weight is 257 g/mol. The average Bonchev–Trinajstić information content (AvgIpc) is 2.34. The molecular formula is C12H23N3OS. The molecule has 0 unspecified atom stereocenters. The third-order valence-electron chi connectivity index (χ3n) is 2.78. The number of nitrogens with one attached hydrogen (secondary N) is 2. The molecule has 0 aliphatic carbocycles. The van der Waals surface area contributed by atoms with Crippen LogP contribution in [-0.4, -0.2) is 42.1 Å². The van der Waals surface area contributed by atoms with Crippen LogP contribution in [0.25, 0.3) is 0 Å². The third-order valence-corrected chi connectivity index (χ3v) is 3.07. The summed E-state index contributed by atoms with van der Waals surface area (Å²) < 4.78 is 0. The highest BCUT2D eigenvalue weighted by atomic mass is 32.1. The van der Waals surface area contributed by atoms with E-state index in [-0.39, 0.29) is 5.91 Å². The van der Waals surface area contributed by atoms with Gasteiger partial charge in [-0.15, -0.1) is 0 Å². The first-order valence-electron chi connectivity index (χ1n) is 6.39. The minimum Gasteiger partial charge on any atom is -0.362 e. The lowest BCUT2D eigenvalue weighted by Gasteiger charge is -2.27. The first-order chi connectivity index (χ1) is 8.09. The molecule has 1 aliphatic rings. The molecule has 0 bridgehead atoms. The number of rotatable bonds is 4. The largest absolute Gasteiger partial charge is 0.362 e. The van der Waals surface area contributed by atoms with Crippen molar-refractivity contribution in [2.45, 2.75) is 33.1 Å². The monoisotopic (exact) mass is 257 g/mol. The van der Waals surface area contributed by atoms with Gasteiger partial charge in [0.2, 0.25) is 5.91 Å². The van der Waals surface area contributed by atoms with Gasteiger partial charge in [-0.05, 0) is 37.4 Å². The zero-order chi connectivity index (χ0) is 12.7. The summed E-state index contributed by atoms with van der Waals surface area (Å²) in [6, 6.07) is 0. The van der Waals surface area contributed by atoms with Crippen LogP contribution in [0.5, 0.6) is 0 Å².